The SMILES string of the molecule is CCOC(=O)Cc1cc(F)c(Br)cc1N. The van der Waals surface area contributed by atoms with Crippen molar-refractivity contribution in [1.29, 1.82) is 0 Å². The number of carbonyl (C=O) groups is 1. The van der Waals surface area contributed by atoms with E-state index in [0.29, 0.717) is 17.9 Å². The fourth-order valence-electron chi connectivity index (χ4n) is 1.12. The summed E-state index contributed by atoms with van der Waals surface area (Å²) in [5.74, 6) is -0.852. The van der Waals surface area contributed by atoms with Crippen LogP contribution >= 0.6 is 15.9 Å². The van der Waals surface area contributed by atoms with Gasteiger partial charge in [0.15, 0.2) is 0 Å². The number of halogens is 2. The Morgan fingerprint density at radius 3 is 2.87 bits per heavy atom. The molecule has 0 saturated heterocycles. The Labute approximate surface area is 95.5 Å². The van der Waals surface area contributed by atoms with Crippen LogP contribution in [-0.4, -0.2) is 12.6 Å². The summed E-state index contributed by atoms with van der Waals surface area (Å²) < 4.78 is 18.2. The fourth-order valence-corrected chi connectivity index (χ4v) is 1.49. The van der Waals surface area contributed by atoms with Crippen molar-refractivity contribution in [3.8, 4) is 0 Å². The van der Waals surface area contributed by atoms with Crippen LogP contribution in [0.25, 0.3) is 0 Å². The van der Waals surface area contributed by atoms with Gasteiger partial charge in [-0.15, -0.1) is 0 Å². The average Bonchev–Trinajstić information content (AvgIpc) is 2.14. The molecule has 0 spiro atoms. The Bertz CT molecular complexity index is 382. The molecule has 0 saturated carbocycles. The van der Waals surface area contributed by atoms with Crippen molar-refractivity contribution in [3.05, 3.63) is 28.0 Å². The van der Waals surface area contributed by atoms with Gasteiger partial charge in [0.2, 0.25) is 0 Å². The Morgan fingerprint density at radius 1 is 1.60 bits per heavy atom. The summed E-state index contributed by atoms with van der Waals surface area (Å²) in [7, 11) is 0. The summed E-state index contributed by atoms with van der Waals surface area (Å²) in [6.45, 7) is 2.02. The zero-order valence-corrected chi connectivity index (χ0v) is 9.80. The van der Waals surface area contributed by atoms with Crippen LogP contribution in [0.5, 0.6) is 0 Å². The van der Waals surface area contributed by atoms with E-state index >= 15 is 0 Å². The van der Waals surface area contributed by atoms with Crippen LogP contribution in [0.1, 0.15) is 12.5 Å². The minimum absolute atomic E-state index is 0.0100. The number of hydrogen-bond donors (Lipinski definition) is 1. The lowest BCUT2D eigenvalue weighted by atomic mass is 10.1. The summed E-state index contributed by atoms with van der Waals surface area (Å²) >= 11 is 3.01. The molecule has 1 rings (SSSR count). The lowest BCUT2D eigenvalue weighted by Crippen LogP contribution is -2.09. The van der Waals surface area contributed by atoms with E-state index in [0.717, 1.165) is 0 Å². The predicted molar refractivity (Wildman–Crippen MR) is 58.8 cm³/mol. The lowest BCUT2D eigenvalue weighted by Gasteiger charge is -2.06. The van der Waals surface area contributed by atoms with Gasteiger partial charge in [-0.2, -0.15) is 0 Å². The molecule has 0 amide bonds. The predicted octanol–water partition coefficient (Wildman–Crippen LogP) is 2.28. The third kappa shape index (κ3) is 3.20. The molecule has 0 aliphatic carbocycles. The highest BCUT2D eigenvalue weighted by atomic mass is 79.9. The zero-order valence-electron chi connectivity index (χ0n) is 8.22. The summed E-state index contributed by atoms with van der Waals surface area (Å²) in [5.41, 5.74) is 6.44. The molecule has 15 heavy (non-hydrogen) atoms. The van der Waals surface area contributed by atoms with E-state index in [-0.39, 0.29) is 10.9 Å². The number of rotatable bonds is 3. The minimum Gasteiger partial charge on any atom is -0.466 e. The molecule has 0 aromatic heterocycles. The minimum atomic E-state index is -0.441. The van der Waals surface area contributed by atoms with E-state index in [1.165, 1.54) is 12.1 Å². The topological polar surface area (TPSA) is 52.3 Å². The van der Waals surface area contributed by atoms with E-state index in [1.54, 1.807) is 6.92 Å². The number of hydrogen-bond acceptors (Lipinski definition) is 3. The van der Waals surface area contributed by atoms with Crippen molar-refractivity contribution in [1.82, 2.24) is 0 Å². The van der Waals surface area contributed by atoms with Crippen LogP contribution in [0, 0.1) is 5.82 Å². The van der Waals surface area contributed by atoms with Crippen LogP contribution in [0.3, 0.4) is 0 Å². The van der Waals surface area contributed by atoms with Gasteiger partial charge in [0.05, 0.1) is 17.5 Å². The summed E-state index contributed by atoms with van der Waals surface area (Å²) in [4.78, 5) is 11.1. The molecule has 1 aromatic carbocycles. The highest BCUT2D eigenvalue weighted by Crippen LogP contribution is 2.23. The van der Waals surface area contributed by atoms with Crippen molar-refractivity contribution < 1.29 is 13.9 Å². The maximum Gasteiger partial charge on any atom is 0.310 e. The second-order valence-corrected chi connectivity index (χ2v) is 3.80. The van der Waals surface area contributed by atoms with Gasteiger partial charge in [0.25, 0.3) is 0 Å². The van der Waals surface area contributed by atoms with Gasteiger partial charge < -0.3 is 10.5 Å². The Morgan fingerprint density at radius 2 is 2.27 bits per heavy atom. The van der Waals surface area contributed by atoms with E-state index in [2.05, 4.69) is 15.9 Å². The van der Waals surface area contributed by atoms with E-state index in [4.69, 9.17) is 10.5 Å². The van der Waals surface area contributed by atoms with Crippen LogP contribution in [0.4, 0.5) is 10.1 Å². The number of carbonyl (C=O) groups excluding carboxylic acids is 1. The first-order valence-corrected chi connectivity index (χ1v) is 5.23. The molecule has 0 bridgehead atoms. The first kappa shape index (κ1) is 12.0. The number of nitrogen functional groups attached to an aromatic ring is 1. The molecule has 0 aliphatic rings. The van der Waals surface area contributed by atoms with Crippen LogP contribution in [0.15, 0.2) is 16.6 Å². The molecule has 3 nitrogen and oxygen atoms in total. The molecule has 0 fully saturated rings. The van der Waals surface area contributed by atoms with Gasteiger partial charge >= 0.3 is 5.97 Å². The summed E-state index contributed by atoms with van der Waals surface area (Å²) in [6.07, 6.45) is -0.0100. The van der Waals surface area contributed by atoms with Gasteiger partial charge in [0, 0.05) is 5.69 Å². The number of benzene rings is 1. The highest BCUT2D eigenvalue weighted by molar-refractivity contribution is 9.10. The first-order chi connectivity index (χ1) is 7.04. The lowest BCUT2D eigenvalue weighted by molar-refractivity contribution is -0.142. The van der Waals surface area contributed by atoms with Gasteiger partial charge in [-0.3, -0.25) is 4.79 Å². The molecule has 0 radical (unpaired) electrons. The molecule has 1 aromatic rings. The standard InChI is InChI=1S/C10H11BrFNO2/c1-2-15-10(14)4-6-3-8(12)7(11)5-9(6)13/h3,5H,2,4,13H2,1H3. The van der Waals surface area contributed by atoms with Crippen LogP contribution < -0.4 is 5.73 Å². The molecule has 0 aliphatic heterocycles. The molecule has 0 atom stereocenters. The number of nitrogens with two attached hydrogens (primary N) is 1. The third-order valence-corrected chi connectivity index (χ3v) is 2.43. The van der Waals surface area contributed by atoms with E-state index < -0.39 is 11.8 Å². The monoisotopic (exact) mass is 275 g/mol. The summed E-state index contributed by atoms with van der Waals surface area (Å²) in [6, 6.07) is 2.67. The number of anilines is 1. The van der Waals surface area contributed by atoms with Crippen molar-refractivity contribution in [2.45, 2.75) is 13.3 Å². The first-order valence-electron chi connectivity index (χ1n) is 4.43. The molecule has 5 heteroatoms. The Balaban J connectivity index is 2.86. The zero-order chi connectivity index (χ0) is 11.4. The van der Waals surface area contributed by atoms with Crippen LogP contribution in [0.2, 0.25) is 0 Å². The maximum atomic E-state index is 13.1. The summed E-state index contributed by atoms with van der Waals surface area (Å²) in [5, 5.41) is 0. The molecular formula is C10H11BrFNO2. The van der Waals surface area contributed by atoms with E-state index in [9.17, 15) is 9.18 Å². The van der Waals surface area contributed by atoms with Gasteiger partial charge in [-0.05, 0) is 40.5 Å². The number of ether oxygens (including phenoxy) is 1. The maximum absolute atomic E-state index is 13.1. The average molecular weight is 276 g/mol. The molecule has 82 valence electrons. The van der Waals surface area contributed by atoms with Gasteiger partial charge in [-0.25, -0.2) is 4.39 Å². The third-order valence-electron chi connectivity index (χ3n) is 1.82. The van der Waals surface area contributed by atoms with Crippen molar-refractivity contribution in [2.24, 2.45) is 0 Å². The van der Waals surface area contributed by atoms with Gasteiger partial charge in [0.1, 0.15) is 5.82 Å². The smallest absolute Gasteiger partial charge is 0.310 e. The van der Waals surface area contributed by atoms with Crippen LogP contribution in [-0.2, 0) is 16.0 Å². The fraction of sp³-hybridized carbons (Fsp3) is 0.300. The second-order valence-electron chi connectivity index (χ2n) is 2.95. The molecule has 2 N–H and O–H groups in total. The Hall–Kier alpha value is -1.10. The normalized spacial score (nSPS) is 10.1. The number of esters is 1. The molecular weight excluding hydrogens is 265 g/mol. The molecule has 0 unspecified atom stereocenters. The largest absolute Gasteiger partial charge is 0.466 e. The quantitative estimate of drug-likeness (QED) is 0.680. The molecule has 0 heterocycles. The van der Waals surface area contributed by atoms with Crippen molar-refractivity contribution in [2.75, 3.05) is 12.3 Å². The van der Waals surface area contributed by atoms with Gasteiger partial charge in [-0.1, -0.05) is 0 Å². The van der Waals surface area contributed by atoms with E-state index in [1.807, 2.05) is 0 Å². The van der Waals surface area contributed by atoms with Crippen molar-refractivity contribution in [3.63, 3.8) is 0 Å². The van der Waals surface area contributed by atoms with Crippen molar-refractivity contribution >= 4 is 27.6 Å². The Kier molecular flexibility index (Phi) is 4.08. The second kappa shape index (κ2) is 5.11. The highest BCUT2D eigenvalue weighted by Gasteiger charge is 2.10.